The Kier molecular flexibility index (Phi) is 5.54. The minimum atomic E-state index is -0.203. The molecule has 0 saturated carbocycles. The van der Waals surface area contributed by atoms with Crippen molar-refractivity contribution in [3.63, 3.8) is 0 Å². The number of nitrogens with one attached hydrogen (secondary N) is 2. The molecule has 2 aromatic rings. The molecule has 0 aliphatic carbocycles. The third-order valence-electron chi connectivity index (χ3n) is 3.06. The average molecular weight is 297 g/mol. The lowest BCUT2D eigenvalue weighted by atomic mass is 10.2. The predicted octanol–water partition coefficient (Wildman–Crippen LogP) is 2.62. The zero-order valence-corrected chi connectivity index (χ0v) is 12.5. The van der Waals surface area contributed by atoms with Gasteiger partial charge in [0.2, 0.25) is 0 Å². The summed E-state index contributed by atoms with van der Waals surface area (Å²) < 4.78 is 5.09. The van der Waals surface area contributed by atoms with Crippen LogP contribution in [0.1, 0.15) is 16.1 Å². The number of amides is 1. The molecule has 0 atom stereocenters. The number of pyridine rings is 1. The molecule has 0 unspecified atom stereocenters. The van der Waals surface area contributed by atoms with Gasteiger partial charge in [0, 0.05) is 13.1 Å². The van der Waals surface area contributed by atoms with Gasteiger partial charge in [0.05, 0.1) is 19.0 Å². The molecule has 2 rings (SSSR count). The molecule has 0 aliphatic heterocycles. The molecule has 0 aliphatic rings. The van der Waals surface area contributed by atoms with Gasteiger partial charge in [-0.1, -0.05) is 18.2 Å². The maximum Gasteiger partial charge on any atom is 0.270 e. The van der Waals surface area contributed by atoms with Gasteiger partial charge < -0.3 is 15.4 Å². The van der Waals surface area contributed by atoms with Crippen molar-refractivity contribution < 1.29 is 9.53 Å². The Morgan fingerprint density at radius 2 is 2.05 bits per heavy atom. The van der Waals surface area contributed by atoms with Gasteiger partial charge in [-0.05, 0) is 29.8 Å². The van der Waals surface area contributed by atoms with Crippen LogP contribution in [0.5, 0.6) is 5.75 Å². The van der Waals surface area contributed by atoms with Gasteiger partial charge in [0.25, 0.3) is 5.91 Å². The summed E-state index contributed by atoms with van der Waals surface area (Å²) in [5.74, 6) is 0.588. The molecule has 5 nitrogen and oxygen atoms in total. The van der Waals surface area contributed by atoms with Crippen LogP contribution in [0.15, 0.2) is 55.3 Å². The van der Waals surface area contributed by atoms with E-state index in [1.807, 2.05) is 30.3 Å². The van der Waals surface area contributed by atoms with Crippen molar-refractivity contribution in [1.29, 1.82) is 0 Å². The molecular weight excluding hydrogens is 278 g/mol. The summed E-state index contributed by atoms with van der Waals surface area (Å²) in [4.78, 5) is 16.2. The van der Waals surface area contributed by atoms with Gasteiger partial charge in [-0.25, -0.2) is 4.98 Å². The number of rotatable bonds is 7. The van der Waals surface area contributed by atoms with Crippen LogP contribution in [0.25, 0.3) is 0 Å². The van der Waals surface area contributed by atoms with Gasteiger partial charge in [-0.3, -0.25) is 4.79 Å². The first-order valence-electron chi connectivity index (χ1n) is 6.95. The molecule has 1 amide bonds. The summed E-state index contributed by atoms with van der Waals surface area (Å²) in [6, 6.07) is 11.1. The minimum Gasteiger partial charge on any atom is -0.497 e. The van der Waals surface area contributed by atoms with E-state index in [1.54, 1.807) is 25.4 Å². The van der Waals surface area contributed by atoms with Crippen LogP contribution < -0.4 is 15.4 Å². The Morgan fingerprint density at radius 3 is 2.64 bits per heavy atom. The molecule has 22 heavy (non-hydrogen) atoms. The number of hydrogen-bond donors (Lipinski definition) is 2. The SMILES string of the molecule is C=CCNc1ccc(C(=O)NCc2ccc(OC)cc2)nc1. The Hall–Kier alpha value is -2.82. The predicted molar refractivity (Wildman–Crippen MR) is 87.1 cm³/mol. The zero-order chi connectivity index (χ0) is 15.8. The molecule has 1 aromatic carbocycles. The van der Waals surface area contributed by atoms with Crippen molar-refractivity contribution >= 4 is 11.6 Å². The minimum absolute atomic E-state index is 0.203. The first-order chi connectivity index (χ1) is 10.7. The lowest BCUT2D eigenvalue weighted by Gasteiger charge is -2.07. The van der Waals surface area contributed by atoms with E-state index in [0.29, 0.717) is 18.8 Å². The van der Waals surface area contributed by atoms with Crippen LogP contribution in [-0.4, -0.2) is 24.5 Å². The van der Waals surface area contributed by atoms with Gasteiger partial charge >= 0.3 is 0 Å². The molecule has 0 saturated heterocycles. The zero-order valence-electron chi connectivity index (χ0n) is 12.5. The lowest BCUT2D eigenvalue weighted by molar-refractivity contribution is 0.0946. The van der Waals surface area contributed by atoms with Gasteiger partial charge in [-0.2, -0.15) is 0 Å². The highest BCUT2D eigenvalue weighted by Crippen LogP contribution is 2.11. The molecule has 0 radical (unpaired) electrons. The van der Waals surface area contributed by atoms with E-state index in [4.69, 9.17) is 4.74 Å². The first-order valence-corrected chi connectivity index (χ1v) is 6.95. The largest absolute Gasteiger partial charge is 0.497 e. The molecule has 1 heterocycles. The van der Waals surface area contributed by atoms with Gasteiger partial charge in [0.15, 0.2) is 0 Å². The number of hydrogen-bond acceptors (Lipinski definition) is 4. The van der Waals surface area contributed by atoms with Crippen LogP contribution >= 0.6 is 0 Å². The fourth-order valence-electron chi connectivity index (χ4n) is 1.84. The summed E-state index contributed by atoms with van der Waals surface area (Å²) in [7, 11) is 1.62. The number of ether oxygens (including phenoxy) is 1. The van der Waals surface area contributed by atoms with Crippen molar-refractivity contribution in [3.05, 3.63) is 66.5 Å². The van der Waals surface area contributed by atoms with Crippen LogP contribution in [-0.2, 0) is 6.54 Å². The summed E-state index contributed by atoms with van der Waals surface area (Å²) >= 11 is 0. The second-order valence-electron chi connectivity index (χ2n) is 4.63. The average Bonchev–Trinajstić information content (AvgIpc) is 2.58. The number of benzene rings is 1. The van der Waals surface area contributed by atoms with Crippen molar-refractivity contribution in [3.8, 4) is 5.75 Å². The van der Waals surface area contributed by atoms with E-state index in [1.165, 1.54) is 0 Å². The maximum atomic E-state index is 12.0. The second-order valence-corrected chi connectivity index (χ2v) is 4.63. The third-order valence-corrected chi connectivity index (χ3v) is 3.06. The number of aromatic nitrogens is 1. The Bertz CT molecular complexity index is 621. The molecule has 1 aromatic heterocycles. The van der Waals surface area contributed by atoms with E-state index in [9.17, 15) is 4.79 Å². The van der Waals surface area contributed by atoms with Crippen LogP contribution in [0.4, 0.5) is 5.69 Å². The van der Waals surface area contributed by atoms with Crippen molar-refractivity contribution in [2.24, 2.45) is 0 Å². The van der Waals surface area contributed by atoms with Crippen LogP contribution in [0.3, 0.4) is 0 Å². The fourth-order valence-corrected chi connectivity index (χ4v) is 1.84. The summed E-state index contributed by atoms with van der Waals surface area (Å²) in [6.07, 6.45) is 3.39. The molecular formula is C17H19N3O2. The molecule has 5 heteroatoms. The lowest BCUT2D eigenvalue weighted by Crippen LogP contribution is -2.23. The highest BCUT2D eigenvalue weighted by atomic mass is 16.5. The summed E-state index contributed by atoms with van der Waals surface area (Å²) in [6.45, 7) is 4.73. The van der Waals surface area contributed by atoms with E-state index >= 15 is 0 Å². The van der Waals surface area contributed by atoms with Gasteiger partial charge in [-0.15, -0.1) is 6.58 Å². The highest BCUT2D eigenvalue weighted by Gasteiger charge is 2.06. The Labute approximate surface area is 130 Å². The van der Waals surface area contributed by atoms with Crippen molar-refractivity contribution in [2.75, 3.05) is 19.0 Å². The second kappa shape index (κ2) is 7.83. The number of nitrogens with zero attached hydrogens (tertiary/aromatic N) is 1. The summed E-state index contributed by atoms with van der Waals surface area (Å²) in [5, 5.41) is 5.94. The molecule has 0 fully saturated rings. The number of carbonyl (C=O) groups excluding carboxylic acids is 1. The highest BCUT2D eigenvalue weighted by molar-refractivity contribution is 5.92. The maximum absolute atomic E-state index is 12.0. The number of methoxy groups -OCH3 is 1. The third kappa shape index (κ3) is 4.34. The van der Waals surface area contributed by atoms with Crippen LogP contribution in [0, 0.1) is 0 Å². The Morgan fingerprint density at radius 1 is 1.27 bits per heavy atom. The quantitative estimate of drug-likeness (QED) is 0.771. The molecule has 0 spiro atoms. The monoisotopic (exact) mass is 297 g/mol. The number of carbonyl (C=O) groups is 1. The molecule has 114 valence electrons. The fraction of sp³-hybridized carbons (Fsp3) is 0.176. The van der Waals surface area contributed by atoms with E-state index < -0.39 is 0 Å². The molecule has 2 N–H and O–H groups in total. The Balaban J connectivity index is 1.89. The standard InChI is InChI=1S/C17H19N3O2/c1-3-10-18-14-6-9-16(19-12-14)17(21)20-11-13-4-7-15(22-2)8-5-13/h3-9,12,18H,1,10-11H2,2H3,(H,20,21). The topological polar surface area (TPSA) is 63.2 Å². The first kappa shape index (κ1) is 15.6. The molecule has 0 bridgehead atoms. The van der Waals surface area contributed by atoms with Crippen LogP contribution in [0.2, 0.25) is 0 Å². The van der Waals surface area contributed by atoms with E-state index in [-0.39, 0.29) is 5.91 Å². The van der Waals surface area contributed by atoms with Crippen molar-refractivity contribution in [2.45, 2.75) is 6.54 Å². The van der Waals surface area contributed by atoms with E-state index in [0.717, 1.165) is 17.0 Å². The number of anilines is 1. The normalized spacial score (nSPS) is 9.86. The summed E-state index contributed by atoms with van der Waals surface area (Å²) in [5.41, 5.74) is 2.24. The van der Waals surface area contributed by atoms with Gasteiger partial charge in [0.1, 0.15) is 11.4 Å². The smallest absolute Gasteiger partial charge is 0.270 e. The van der Waals surface area contributed by atoms with Crippen molar-refractivity contribution in [1.82, 2.24) is 10.3 Å². The van der Waals surface area contributed by atoms with E-state index in [2.05, 4.69) is 22.2 Å².